The molecule has 1 aromatic carbocycles. The van der Waals surface area contributed by atoms with Gasteiger partial charge in [0, 0.05) is 24.2 Å². The number of benzene rings is 1. The Morgan fingerprint density at radius 2 is 1.94 bits per heavy atom. The van der Waals surface area contributed by atoms with Crippen molar-refractivity contribution in [3.8, 4) is 5.75 Å². The molecule has 0 amide bonds. The van der Waals surface area contributed by atoms with Gasteiger partial charge in [0.05, 0.1) is 7.11 Å². The molecule has 3 heteroatoms. The van der Waals surface area contributed by atoms with Crippen molar-refractivity contribution in [2.24, 2.45) is 5.73 Å². The number of hydrogen-bond acceptors (Lipinski definition) is 3. The smallest absolute Gasteiger partial charge is 0.123 e. The monoisotopic (exact) mass is 236 g/mol. The highest BCUT2D eigenvalue weighted by molar-refractivity contribution is 5.35. The number of methoxy groups -OCH3 is 1. The van der Waals surface area contributed by atoms with Crippen molar-refractivity contribution in [1.29, 1.82) is 0 Å². The molecule has 0 bridgehead atoms. The summed E-state index contributed by atoms with van der Waals surface area (Å²) in [5, 5.41) is 0. The van der Waals surface area contributed by atoms with E-state index in [2.05, 4.69) is 24.8 Å². The molecule has 0 heterocycles. The van der Waals surface area contributed by atoms with E-state index in [0.717, 1.165) is 18.8 Å². The van der Waals surface area contributed by atoms with Crippen LogP contribution in [0.15, 0.2) is 24.3 Å². The van der Waals surface area contributed by atoms with Crippen molar-refractivity contribution >= 4 is 0 Å². The van der Waals surface area contributed by atoms with E-state index in [0.29, 0.717) is 6.04 Å². The molecule has 17 heavy (non-hydrogen) atoms. The Kier molecular flexibility index (Phi) is 5.45. The fourth-order valence-electron chi connectivity index (χ4n) is 2.14. The summed E-state index contributed by atoms with van der Waals surface area (Å²) in [6.45, 7) is 8.28. The Hall–Kier alpha value is -1.06. The third-order valence-electron chi connectivity index (χ3n) is 3.07. The summed E-state index contributed by atoms with van der Waals surface area (Å²) in [6, 6.07) is 8.68. The second kappa shape index (κ2) is 6.62. The Morgan fingerprint density at radius 3 is 2.47 bits per heavy atom. The van der Waals surface area contributed by atoms with Gasteiger partial charge in [0.2, 0.25) is 0 Å². The van der Waals surface area contributed by atoms with E-state index >= 15 is 0 Å². The average Bonchev–Trinajstić information content (AvgIpc) is 2.34. The molecule has 0 aliphatic heterocycles. The molecule has 0 radical (unpaired) electrons. The van der Waals surface area contributed by atoms with Crippen LogP contribution in [0.5, 0.6) is 5.75 Å². The largest absolute Gasteiger partial charge is 0.496 e. The molecule has 0 saturated heterocycles. The zero-order chi connectivity index (χ0) is 12.8. The van der Waals surface area contributed by atoms with Gasteiger partial charge in [-0.25, -0.2) is 0 Å². The minimum atomic E-state index is 0.187. The van der Waals surface area contributed by atoms with E-state index in [-0.39, 0.29) is 6.04 Å². The molecule has 1 rings (SSSR count). The molecule has 3 nitrogen and oxygen atoms in total. The van der Waals surface area contributed by atoms with E-state index in [1.165, 1.54) is 5.56 Å². The molecule has 0 unspecified atom stereocenters. The van der Waals surface area contributed by atoms with Gasteiger partial charge in [-0.15, -0.1) is 0 Å². The molecule has 0 aliphatic carbocycles. The van der Waals surface area contributed by atoms with Crippen molar-refractivity contribution in [3.05, 3.63) is 29.8 Å². The summed E-state index contributed by atoms with van der Waals surface area (Å²) in [6.07, 6.45) is 0. The van der Waals surface area contributed by atoms with Gasteiger partial charge in [-0.2, -0.15) is 0 Å². The maximum absolute atomic E-state index is 5.88. The SMILES string of the molecule is CCN(C[C@@H](C)N)[C@@H](C)c1ccccc1OC. The Labute approximate surface area is 105 Å². The van der Waals surface area contributed by atoms with Gasteiger partial charge in [0.25, 0.3) is 0 Å². The van der Waals surface area contributed by atoms with Crippen LogP contribution >= 0.6 is 0 Å². The summed E-state index contributed by atoms with van der Waals surface area (Å²) in [7, 11) is 1.72. The minimum Gasteiger partial charge on any atom is -0.496 e. The number of likely N-dealkylation sites (N-methyl/N-ethyl adjacent to an activating group) is 1. The van der Waals surface area contributed by atoms with Crippen LogP contribution < -0.4 is 10.5 Å². The number of ether oxygens (including phenoxy) is 1. The van der Waals surface area contributed by atoms with E-state index in [4.69, 9.17) is 10.5 Å². The van der Waals surface area contributed by atoms with E-state index < -0.39 is 0 Å². The highest BCUT2D eigenvalue weighted by Crippen LogP contribution is 2.28. The zero-order valence-electron chi connectivity index (χ0n) is 11.3. The van der Waals surface area contributed by atoms with Gasteiger partial charge in [0.1, 0.15) is 5.75 Å². The Bertz CT molecular complexity index is 339. The van der Waals surface area contributed by atoms with Gasteiger partial charge in [-0.05, 0) is 26.5 Å². The summed E-state index contributed by atoms with van der Waals surface area (Å²) < 4.78 is 5.41. The van der Waals surface area contributed by atoms with Crippen molar-refractivity contribution < 1.29 is 4.74 Å². The maximum Gasteiger partial charge on any atom is 0.123 e. The Morgan fingerprint density at radius 1 is 1.29 bits per heavy atom. The molecule has 2 atom stereocenters. The molecular weight excluding hydrogens is 212 g/mol. The Balaban J connectivity index is 2.89. The van der Waals surface area contributed by atoms with Crippen LogP contribution in [0.4, 0.5) is 0 Å². The first-order chi connectivity index (χ1) is 8.10. The normalized spacial score (nSPS) is 14.7. The lowest BCUT2D eigenvalue weighted by Crippen LogP contribution is -2.37. The van der Waals surface area contributed by atoms with Gasteiger partial charge in [0.15, 0.2) is 0 Å². The lowest BCUT2D eigenvalue weighted by Gasteiger charge is -2.30. The number of rotatable bonds is 6. The number of nitrogens with two attached hydrogens (primary N) is 1. The summed E-state index contributed by atoms with van der Waals surface area (Å²) in [5.41, 5.74) is 7.10. The third kappa shape index (κ3) is 3.72. The van der Waals surface area contributed by atoms with Crippen LogP contribution in [0, 0.1) is 0 Å². The fourth-order valence-corrected chi connectivity index (χ4v) is 2.14. The third-order valence-corrected chi connectivity index (χ3v) is 3.07. The average molecular weight is 236 g/mol. The molecule has 0 aliphatic rings. The van der Waals surface area contributed by atoms with Crippen molar-refractivity contribution in [2.45, 2.75) is 32.9 Å². The molecule has 0 spiro atoms. The van der Waals surface area contributed by atoms with Gasteiger partial charge >= 0.3 is 0 Å². The fraction of sp³-hybridized carbons (Fsp3) is 0.571. The predicted octanol–water partition coefficient (Wildman–Crippen LogP) is 2.43. The van der Waals surface area contributed by atoms with Crippen LogP contribution in [0.1, 0.15) is 32.4 Å². The zero-order valence-corrected chi connectivity index (χ0v) is 11.3. The number of para-hydroxylation sites is 1. The lowest BCUT2D eigenvalue weighted by atomic mass is 10.1. The van der Waals surface area contributed by atoms with Crippen molar-refractivity contribution in [2.75, 3.05) is 20.2 Å². The number of nitrogens with zero attached hydrogens (tertiary/aromatic N) is 1. The van der Waals surface area contributed by atoms with Gasteiger partial charge < -0.3 is 10.5 Å². The van der Waals surface area contributed by atoms with Crippen LogP contribution in [-0.2, 0) is 0 Å². The van der Waals surface area contributed by atoms with Crippen LogP contribution in [0.2, 0.25) is 0 Å². The molecule has 0 fully saturated rings. The highest BCUT2D eigenvalue weighted by Gasteiger charge is 2.18. The standard InChI is InChI=1S/C14H24N2O/c1-5-16(10-11(2)15)12(3)13-8-6-7-9-14(13)17-4/h6-9,11-12H,5,10,15H2,1-4H3/t11-,12+/m1/s1. The van der Waals surface area contributed by atoms with Crippen LogP contribution in [0.3, 0.4) is 0 Å². The highest BCUT2D eigenvalue weighted by atomic mass is 16.5. The quantitative estimate of drug-likeness (QED) is 0.824. The summed E-state index contributed by atoms with van der Waals surface area (Å²) in [5.74, 6) is 0.947. The molecule has 0 aromatic heterocycles. The second-order valence-corrected chi connectivity index (χ2v) is 4.48. The van der Waals surface area contributed by atoms with Crippen LogP contribution in [0.25, 0.3) is 0 Å². The summed E-state index contributed by atoms with van der Waals surface area (Å²) >= 11 is 0. The molecule has 1 aromatic rings. The van der Waals surface area contributed by atoms with Gasteiger partial charge in [-0.3, -0.25) is 4.90 Å². The topological polar surface area (TPSA) is 38.5 Å². The molecule has 0 saturated carbocycles. The molecule has 96 valence electrons. The molecule has 2 N–H and O–H groups in total. The van der Waals surface area contributed by atoms with E-state index in [1.54, 1.807) is 7.11 Å². The van der Waals surface area contributed by atoms with E-state index in [1.807, 2.05) is 25.1 Å². The predicted molar refractivity (Wildman–Crippen MR) is 72.3 cm³/mol. The minimum absolute atomic E-state index is 0.187. The van der Waals surface area contributed by atoms with Crippen molar-refractivity contribution in [3.63, 3.8) is 0 Å². The summed E-state index contributed by atoms with van der Waals surface area (Å²) in [4.78, 5) is 2.36. The second-order valence-electron chi connectivity index (χ2n) is 4.48. The first-order valence-electron chi connectivity index (χ1n) is 6.22. The number of hydrogen-bond donors (Lipinski definition) is 1. The maximum atomic E-state index is 5.88. The lowest BCUT2D eigenvalue weighted by molar-refractivity contribution is 0.208. The molecular formula is C14H24N2O. The van der Waals surface area contributed by atoms with Crippen molar-refractivity contribution in [1.82, 2.24) is 4.90 Å². The van der Waals surface area contributed by atoms with E-state index in [9.17, 15) is 0 Å². The first kappa shape index (κ1) is 14.0. The first-order valence-corrected chi connectivity index (χ1v) is 6.22. The van der Waals surface area contributed by atoms with Crippen LogP contribution in [-0.4, -0.2) is 31.1 Å². The van der Waals surface area contributed by atoms with Gasteiger partial charge in [-0.1, -0.05) is 25.1 Å².